The number of fused-ring (bicyclic) bond motifs is 1. The van der Waals surface area contributed by atoms with E-state index in [9.17, 15) is 9.59 Å². The first-order chi connectivity index (χ1) is 11.1. The van der Waals surface area contributed by atoms with Crippen LogP contribution < -0.4 is 0 Å². The Kier molecular flexibility index (Phi) is 4.37. The van der Waals surface area contributed by atoms with Crippen LogP contribution in [0.15, 0.2) is 42.6 Å². The second-order valence-electron chi connectivity index (χ2n) is 5.71. The van der Waals surface area contributed by atoms with Crippen molar-refractivity contribution in [1.29, 1.82) is 0 Å². The number of piperidine rings is 1. The zero-order valence-electron chi connectivity index (χ0n) is 12.7. The summed E-state index contributed by atoms with van der Waals surface area (Å²) in [5.41, 5.74) is 1.81. The molecule has 1 fully saturated rings. The lowest BCUT2D eigenvalue weighted by Crippen LogP contribution is -2.41. The predicted octanol–water partition coefficient (Wildman–Crippen LogP) is 2.57. The van der Waals surface area contributed by atoms with E-state index in [0.29, 0.717) is 13.0 Å². The fourth-order valence-electron chi connectivity index (χ4n) is 2.91. The molecule has 0 radical (unpaired) electrons. The Bertz CT molecular complexity index is 764. The van der Waals surface area contributed by atoms with Gasteiger partial charge in [-0.05, 0) is 36.6 Å². The fourth-order valence-corrected chi connectivity index (χ4v) is 2.91. The van der Waals surface area contributed by atoms with Crippen LogP contribution in [0.4, 0.5) is 0 Å². The number of para-hydroxylation sites is 1. The van der Waals surface area contributed by atoms with Crippen LogP contribution in [-0.4, -0.2) is 40.0 Å². The van der Waals surface area contributed by atoms with E-state index in [4.69, 9.17) is 5.11 Å². The van der Waals surface area contributed by atoms with Gasteiger partial charge in [0.2, 0.25) is 5.91 Å². The highest BCUT2D eigenvalue weighted by atomic mass is 16.4. The summed E-state index contributed by atoms with van der Waals surface area (Å²) in [6.07, 6.45) is 6.38. The lowest BCUT2D eigenvalue weighted by Gasteiger charge is -2.29. The Balaban J connectivity index is 1.76. The molecule has 2 heterocycles. The molecule has 1 saturated heterocycles. The average Bonchev–Trinajstić information content (AvgIpc) is 2.59. The van der Waals surface area contributed by atoms with Crippen molar-refractivity contribution < 1.29 is 14.7 Å². The van der Waals surface area contributed by atoms with E-state index in [2.05, 4.69) is 4.98 Å². The molecule has 0 aliphatic carbocycles. The number of carbonyl (C=O) groups excluding carboxylic acids is 1. The van der Waals surface area contributed by atoms with Crippen LogP contribution in [0.2, 0.25) is 0 Å². The van der Waals surface area contributed by atoms with Crippen molar-refractivity contribution >= 4 is 28.9 Å². The van der Waals surface area contributed by atoms with E-state index in [-0.39, 0.29) is 12.5 Å². The van der Waals surface area contributed by atoms with Crippen LogP contribution in [0.3, 0.4) is 0 Å². The normalized spacial score (nSPS) is 18.4. The lowest BCUT2D eigenvalue weighted by molar-refractivity contribution is -0.144. The number of nitrogens with zero attached hydrogens (tertiary/aromatic N) is 2. The van der Waals surface area contributed by atoms with E-state index in [1.807, 2.05) is 30.3 Å². The molecule has 1 aromatic carbocycles. The van der Waals surface area contributed by atoms with Crippen molar-refractivity contribution in [2.45, 2.75) is 12.8 Å². The summed E-state index contributed by atoms with van der Waals surface area (Å²) in [4.78, 5) is 29.3. The molecule has 118 valence electrons. The van der Waals surface area contributed by atoms with Gasteiger partial charge in [0.05, 0.1) is 11.4 Å². The van der Waals surface area contributed by atoms with Crippen LogP contribution >= 0.6 is 0 Å². The molecule has 0 spiro atoms. The maximum absolute atomic E-state index is 12.3. The fraction of sp³-hybridized carbons (Fsp3) is 0.278. The summed E-state index contributed by atoms with van der Waals surface area (Å²) < 4.78 is 0. The molecular weight excluding hydrogens is 292 g/mol. The summed E-state index contributed by atoms with van der Waals surface area (Å²) in [5.74, 6) is -1.42. The highest BCUT2D eigenvalue weighted by Crippen LogP contribution is 2.19. The molecule has 1 amide bonds. The van der Waals surface area contributed by atoms with Crippen LogP contribution in [-0.2, 0) is 9.59 Å². The number of carboxylic acids is 1. The summed E-state index contributed by atoms with van der Waals surface area (Å²) in [5, 5.41) is 10.1. The minimum absolute atomic E-state index is 0.142. The highest BCUT2D eigenvalue weighted by Gasteiger charge is 2.27. The zero-order valence-corrected chi connectivity index (χ0v) is 12.7. The van der Waals surface area contributed by atoms with Crippen LogP contribution in [0.1, 0.15) is 18.4 Å². The Morgan fingerprint density at radius 1 is 1.26 bits per heavy atom. The number of aliphatic carboxylic acids is 1. The van der Waals surface area contributed by atoms with Gasteiger partial charge in [-0.2, -0.15) is 0 Å². The molecule has 1 unspecified atom stereocenters. The summed E-state index contributed by atoms with van der Waals surface area (Å²) in [6, 6.07) is 9.62. The Morgan fingerprint density at radius 3 is 2.91 bits per heavy atom. The number of benzene rings is 1. The van der Waals surface area contributed by atoms with Gasteiger partial charge in [0.1, 0.15) is 0 Å². The molecule has 5 nitrogen and oxygen atoms in total. The standard InChI is InChI=1S/C18H18N2O3/c21-17(20-11-3-4-14(12-20)18(22)23)8-7-13-9-10-19-16-6-2-1-5-15(13)16/h1-2,5-10,14H,3-4,11-12H2,(H,22,23)/b8-7+. The van der Waals surface area contributed by atoms with Crippen LogP contribution in [0.25, 0.3) is 17.0 Å². The Morgan fingerprint density at radius 2 is 2.09 bits per heavy atom. The van der Waals surface area contributed by atoms with Crippen molar-refractivity contribution in [3.8, 4) is 0 Å². The number of rotatable bonds is 3. The number of carbonyl (C=O) groups is 2. The number of pyridine rings is 1. The zero-order chi connectivity index (χ0) is 16.2. The first-order valence-electron chi connectivity index (χ1n) is 7.68. The maximum Gasteiger partial charge on any atom is 0.308 e. The molecule has 1 aliphatic rings. The van der Waals surface area contributed by atoms with Gasteiger partial charge in [-0.15, -0.1) is 0 Å². The van der Waals surface area contributed by atoms with Crippen molar-refractivity contribution in [2.24, 2.45) is 5.92 Å². The molecule has 1 aliphatic heterocycles. The van der Waals surface area contributed by atoms with Crippen molar-refractivity contribution in [3.05, 3.63) is 48.2 Å². The van der Waals surface area contributed by atoms with Crippen LogP contribution in [0, 0.1) is 5.92 Å². The van der Waals surface area contributed by atoms with Gasteiger partial charge in [-0.3, -0.25) is 14.6 Å². The Labute approximate surface area is 134 Å². The third-order valence-electron chi connectivity index (χ3n) is 4.17. The second-order valence-corrected chi connectivity index (χ2v) is 5.71. The van der Waals surface area contributed by atoms with Gasteiger partial charge in [0.25, 0.3) is 0 Å². The van der Waals surface area contributed by atoms with Crippen molar-refractivity contribution in [3.63, 3.8) is 0 Å². The summed E-state index contributed by atoms with van der Waals surface area (Å²) in [7, 11) is 0. The largest absolute Gasteiger partial charge is 0.481 e. The highest BCUT2D eigenvalue weighted by molar-refractivity contribution is 5.95. The molecule has 1 atom stereocenters. The number of hydrogen-bond donors (Lipinski definition) is 1. The number of likely N-dealkylation sites (tertiary alicyclic amines) is 1. The monoisotopic (exact) mass is 310 g/mol. The molecule has 23 heavy (non-hydrogen) atoms. The average molecular weight is 310 g/mol. The first kappa shape index (κ1) is 15.2. The topological polar surface area (TPSA) is 70.5 Å². The SMILES string of the molecule is O=C(O)C1CCCN(C(=O)/C=C/c2ccnc3ccccc23)C1. The van der Waals surface area contributed by atoms with E-state index in [1.165, 1.54) is 6.08 Å². The van der Waals surface area contributed by atoms with E-state index in [0.717, 1.165) is 22.9 Å². The third kappa shape index (κ3) is 3.39. The van der Waals surface area contributed by atoms with Gasteiger partial charge >= 0.3 is 5.97 Å². The number of carboxylic acid groups (broad SMARTS) is 1. The number of hydrogen-bond acceptors (Lipinski definition) is 3. The van der Waals surface area contributed by atoms with Crippen molar-refractivity contribution in [1.82, 2.24) is 9.88 Å². The summed E-state index contributed by atoms with van der Waals surface area (Å²) in [6.45, 7) is 0.902. The van der Waals surface area contributed by atoms with E-state index >= 15 is 0 Å². The maximum atomic E-state index is 12.3. The van der Waals surface area contributed by atoms with Gasteiger partial charge < -0.3 is 10.0 Å². The van der Waals surface area contributed by atoms with Gasteiger partial charge in [0.15, 0.2) is 0 Å². The summed E-state index contributed by atoms with van der Waals surface area (Å²) >= 11 is 0. The molecule has 0 saturated carbocycles. The minimum Gasteiger partial charge on any atom is -0.481 e. The van der Waals surface area contributed by atoms with E-state index in [1.54, 1.807) is 17.2 Å². The molecule has 1 N–H and O–H groups in total. The van der Waals surface area contributed by atoms with Gasteiger partial charge in [0, 0.05) is 30.7 Å². The van der Waals surface area contributed by atoms with Crippen molar-refractivity contribution in [2.75, 3.05) is 13.1 Å². The van der Waals surface area contributed by atoms with Gasteiger partial charge in [-0.25, -0.2) is 0 Å². The molecule has 5 heteroatoms. The number of aromatic nitrogens is 1. The van der Waals surface area contributed by atoms with E-state index < -0.39 is 11.9 Å². The molecular formula is C18H18N2O3. The molecule has 1 aromatic heterocycles. The first-order valence-corrected chi connectivity index (χ1v) is 7.68. The predicted molar refractivity (Wildman–Crippen MR) is 87.7 cm³/mol. The molecule has 3 rings (SSSR count). The third-order valence-corrected chi connectivity index (χ3v) is 4.17. The number of amides is 1. The second kappa shape index (κ2) is 6.60. The molecule has 2 aromatic rings. The quantitative estimate of drug-likeness (QED) is 0.885. The lowest BCUT2D eigenvalue weighted by atomic mass is 9.98. The van der Waals surface area contributed by atoms with Gasteiger partial charge in [-0.1, -0.05) is 18.2 Å². The minimum atomic E-state index is -0.827. The molecule has 0 bridgehead atoms. The van der Waals surface area contributed by atoms with Crippen LogP contribution in [0.5, 0.6) is 0 Å². The smallest absolute Gasteiger partial charge is 0.308 e. The Hall–Kier alpha value is -2.69.